The van der Waals surface area contributed by atoms with Gasteiger partial charge in [-0.05, 0) is 43.5 Å². The number of carbonyl (C=O) groups excluding carboxylic acids is 1. The van der Waals surface area contributed by atoms with E-state index in [0.717, 1.165) is 18.4 Å². The number of amides is 1. The normalized spacial score (nSPS) is 19.0. The summed E-state index contributed by atoms with van der Waals surface area (Å²) in [4.78, 5) is 25.2. The number of piperidine rings is 1. The van der Waals surface area contributed by atoms with Crippen LogP contribution in [0.4, 0.5) is 5.69 Å². The molecule has 9 heteroatoms. The lowest BCUT2D eigenvalue weighted by Crippen LogP contribution is -2.49. The van der Waals surface area contributed by atoms with Gasteiger partial charge >= 0.3 is 0 Å². The molecule has 1 aliphatic rings. The van der Waals surface area contributed by atoms with Crippen LogP contribution in [0, 0.1) is 0 Å². The fourth-order valence-corrected chi connectivity index (χ4v) is 3.73. The van der Waals surface area contributed by atoms with E-state index >= 15 is 0 Å². The van der Waals surface area contributed by atoms with Crippen molar-refractivity contribution in [2.24, 2.45) is 4.99 Å². The van der Waals surface area contributed by atoms with E-state index in [9.17, 15) is 4.79 Å². The van der Waals surface area contributed by atoms with Crippen molar-refractivity contribution in [2.75, 3.05) is 19.3 Å². The highest BCUT2D eigenvalue weighted by Gasteiger charge is 2.32. The van der Waals surface area contributed by atoms with Gasteiger partial charge in [-0.15, -0.1) is 0 Å². The molecule has 1 saturated heterocycles. The number of likely N-dealkylation sites (tertiary alicyclic amines) is 1. The minimum atomic E-state index is -0.160. The van der Waals surface area contributed by atoms with Crippen LogP contribution in [0.2, 0.25) is 0 Å². The molecular formula is C22H25N7O2. The summed E-state index contributed by atoms with van der Waals surface area (Å²) in [6, 6.07) is 9.01. The molecule has 1 aromatic carbocycles. The maximum absolute atomic E-state index is 13.6. The molecule has 1 fully saturated rings. The number of anilines is 1. The number of carbonyl (C=O) groups is 1. The summed E-state index contributed by atoms with van der Waals surface area (Å²) >= 11 is 0. The van der Waals surface area contributed by atoms with Crippen LogP contribution in [0.3, 0.4) is 0 Å². The summed E-state index contributed by atoms with van der Waals surface area (Å²) < 4.78 is 6.02. The fraction of sp³-hybridized carbons (Fsp3) is 0.318. The second-order valence-corrected chi connectivity index (χ2v) is 7.53. The fourth-order valence-electron chi connectivity index (χ4n) is 3.73. The minimum absolute atomic E-state index is 0.0801. The van der Waals surface area contributed by atoms with Crippen LogP contribution in [-0.2, 0) is 0 Å². The first-order valence-corrected chi connectivity index (χ1v) is 10.2. The Balaban J connectivity index is 1.60. The second-order valence-electron chi connectivity index (χ2n) is 7.53. The first-order chi connectivity index (χ1) is 15.0. The van der Waals surface area contributed by atoms with Gasteiger partial charge in [0.2, 0.25) is 5.88 Å². The quantitative estimate of drug-likeness (QED) is 0.636. The van der Waals surface area contributed by atoms with E-state index in [2.05, 4.69) is 27.1 Å². The van der Waals surface area contributed by atoms with Crippen LogP contribution < -0.4 is 10.5 Å². The van der Waals surface area contributed by atoms with Crippen LogP contribution in [-0.4, -0.2) is 62.7 Å². The Labute approximate surface area is 180 Å². The van der Waals surface area contributed by atoms with Gasteiger partial charge in [-0.3, -0.25) is 9.79 Å². The van der Waals surface area contributed by atoms with Gasteiger partial charge in [0.15, 0.2) is 0 Å². The summed E-state index contributed by atoms with van der Waals surface area (Å²) in [7, 11) is 1.70. The lowest BCUT2D eigenvalue weighted by atomic mass is 9.99. The van der Waals surface area contributed by atoms with Crippen molar-refractivity contribution in [3.8, 4) is 11.6 Å². The Hall–Kier alpha value is -3.75. The van der Waals surface area contributed by atoms with Crippen molar-refractivity contribution >= 4 is 17.8 Å². The molecule has 1 aliphatic heterocycles. The van der Waals surface area contributed by atoms with E-state index in [1.165, 1.54) is 4.80 Å². The number of nitrogens with zero attached hydrogens (tertiary/aromatic N) is 6. The third-order valence-corrected chi connectivity index (χ3v) is 5.31. The number of pyridine rings is 1. The summed E-state index contributed by atoms with van der Waals surface area (Å²) in [6.45, 7) is 2.51. The molecule has 2 N–H and O–H groups in total. The van der Waals surface area contributed by atoms with Gasteiger partial charge in [0, 0.05) is 37.3 Å². The number of nitrogen functional groups attached to an aromatic ring is 1. The topological polar surface area (TPSA) is 112 Å². The molecule has 9 nitrogen and oxygen atoms in total. The van der Waals surface area contributed by atoms with Gasteiger partial charge in [-0.25, -0.2) is 4.98 Å². The Kier molecular flexibility index (Phi) is 5.92. The predicted molar refractivity (Wildman–Crippen MR) is 118 cm³/mol. The van der Waals surface area contributed by atoms with Crippen molar-refractivity contribution in [3.63, 3.8) is 0 Å². The summed E-state index contributed by atoms with van der Waals surface area (Å²) in [5, 5.41) is 8.44. The number of aliphatic imine (C=N–C) groups is 1. The Morgan fingerprint density at radius 3 is 2.74 bits per heavy atom. The molecule has 0 bridgehead atoms. The smallest absolute Gasteiger partial charge is 0.256 e. The average molecular weight is 419 g/mol. The second kappa shape index (κ2) is 8.95. The molecule has 2 aromatic heterocycles. The average Bonchev–Trinajstić information content (AvgIpc) is 3.30. The maximum atomic E-state index is 13.6. The number of benzene rings is 1. The maximum Gasteiger partial charge on any atom is 0.256 e. The SMILES string of the molecule is C/N=C/c1ccc(C(=O)N2C[C@H](Oc3cc(N)ccn3)CC[C@H]2C)c(-n2nccn2)c1. The molecule has 0 saturated carbocycles. The zero-order valence-corrected chi connectivity index (χ0v) is 17.5. The summed E-state index contributed by atoms with van der Waals surface area (Å²) in [5.41, 5.74) is 8.42. The molecule has 3 aromatic rings. The minimum Gasteiger partial charge on any atom is -0.472 e. The van der Waals surface area contributed by atoms with Crippen LogP contribution in [0.25, 0.3) is 5.69 Å². The monoisotopic (exact) mass is 419 g/mol. The number of aromatic nitrogens is 4. The molecule has 0 radical (unpaired) electrons. The molecule has 3 heterocycles. The molecule has 0 unspecified atom stereocenters. The van der Waals surface area contributed by atoms with Crippen molar-refractivity contribution in [1.82, 2.24) is 24.9 Å². The molecule has 4 rings (SSSR count). The van der Waals surface area contributed by atoms with Crippen LogP contribution in [0.15, 0.2) is 53.9 Å². The Morgan fingerprint density at radius 1 is 1.19 bits per heavy atom. The van der Waals surface area contributed by atoms with E-state index in [4.69, 9.17) is 10.5 Å². The van der Waals surface area contributed by atoms with Gasteiger partial charge < -0.3 is 15.4 Å². The van der Waals surface area contributed by atoms with E-state index in [1.54, 1.807) is 50.1 Å². The zero-order chi connectivity index (χ0) is 21.8. The molecule has 31 heavy (non-hydrogen) atoms. The third-order valence-electron chi connectivity index (χ3n) is 5.31. The number of nitrogens with two attached hydrogens (primary N) is 1. The van der Waals surface area contributed by atoms with Crippen LogP contribution in [0.1, 0.15) is 35.7 Å². The molecule has 0 spiro atoms. The number of ether oxygens (including phenoxy) is 1. The molecule has 160 valence electrons. The Bertz CT molecular complexity index is 1080. The van der Waals surface area contributed by atoms with E-state index < -0.39 is 0 Å². The standard InChI is InChI=1S/C22H25N7O2/c1-15-3-5-18(31-21-12-17(23)7-8-25-21)14-28(15)22(30)19-6-4-16(13-24-2)11-20(19)29-26-9-10-27-29/h4,6-13,15,18H,3,5,14H2,1-2H3,(H2,23,25)/b24-13+/t15-,18-/m1/s1. The van der Waals surface area contributed by atoms with Crippen molar-refractivity contribution < 1.29 is 9.53 Å². The zero-order valence-electron chi connectivity index (χ0n) is 17.5. The van der Waals surface area contributed by atoms with E-state index in [1.807, 2.05) is 17.0 Å². The van der Waals surface area contributed by atoms with Gasteiger partial charge in [0.25, 0.3) is 5.91 Å². The number of hydrogen-bond acceptors (Lipinski definition) is 7. The predicted octanol–water partition coefficient (Wildman–Crippen LogP) is 2.37. The van der Waals surface area contributed by atoms with Gasteiger partial charge in [-0.2, -0.15) is 15.0 Å². The van der Waals surface area contributed by atoms with E-state index in [-0.39, 0.29) is 18.1 Å². The van der Waals surface area contributed by atoms with Gasteiger partial charge in [0.1, 0.15) is 6.10 Å². The van der Waals surface area contributed by atoms with Gasteiger partial charge in [0.05, 0.1) is 30.2 Å². The number of hydrogen-bond donors (Lipinski definition) is 1. The lowest BCUT2D eigenvalue weighted by Gasteiger charge is -2.38. The summed E-state index contributed by atoms with van der Waals surface area (Å²) in [5.74, 6) is 0.380. The lowest BCUT2D eigenvalue weighted by molar-refractivity contribution is 0.0373. The first-order valence-electron chi connectivity index (χ1n) is 10.2. The highest BCUT2D eigenvalue weighted by Crippen LogP contribution is 2.25. The Morgan fingerprint density at radius 2 is 2.00 bits per heavy atom. The molecule has 1 amide bonds. The van der Waals surface area contributed by atoms with Crippen LogP contribution >= 0.6 is 0 Å². The molecular weight excluding hydrogens is 394 g/mol. The number of rotatable bonds is 5. The van der Waals surface area contributed by atoms with Crippen molar-refractivity contribution in [3.05, 3.63) is 60.0 Å². The summed E-state index contributed by atoms with van der Waals surface area (Å²) in [6.07, 6.45) is 8.01. The largest absolute Gasteiger partial charge is 0.472 e. The molecule has 2 atom stereocenters. The van der Waals surface area contributed by atoms with E-state index in [0.29, 0.717) is 29.4 Å². The van der Waals surface area contributed by atoms with Crippen LogP contribution in [0.5, 0.6) is 5.88 Å². The van der Waals surface area contributed by atoms with Crippen molar-refractivity contribution in [2.45, 2.75) is 31.9 Å². The molecule has 0 aliphatic carbocycles. The highest BCUT2D eigenvalue weighted by atomic mass is 16.5. The highest BCUT2D eigenvalue weighted by molar-refractivity contribution is 5.99. The van der Waals surface area contributed by atoms with Gasteiger partial charge in [-0.1, -0.05) is 6.07 Å². The first kappa shape index (κ1) is 20.5. The van der Waals surface area contributed by atoms with Crippen molar-refractivity contribution in [1.29, 1.82) is 0 Å². The third kappa shape index (κ3) is 4.55.